The molecular formula is C18H15FN4. The lowest BCUT2D eigenvalue weighted by Crippen LogP contribution is -2.00. The van der Waals surface area contributed by atoms with Crippen LogP contribution in [0.15, 0.2) is 48.7 Å². The van der Waals surface area contributed by atoms with Gasteiger partial charge in [-0.25, -0.2) is 4.39 Å². The van der Waals surface area contributed by atoms with Crippen LogP contribution >= 0.6 is 0 Å². The van der Waals surface area contributed by atoms with Crippen molar-refractivity contribution in [3.63, 3.8) is 0 Å². The topological polar surface area (TPSA) is 43.6 Å². The van der Waals surface area contributed by atoms with Crippen LogP contribution < -0.4 is 0 Å². The fourth-order valence-corrected chi connectivity index (χ4v) is 2.16. The van der Waals surface area contributed by atoms with Crippen molar-refractivity contribution in [3.8, 4) is 23.1 Å². The number of nitrogens with zero attached hydrogens (tertiary/aromatic N) is 4. The van der Waals surface area contributed by atoms with Crippen LogP contribution in [0.2, 0.25) is 0 Å². The summed E-state index contributed by atoms with van der Waals surface area (Å²) < 4.78 is 13.0. The first-order chi connectivity index (χ1) is 11.2. The Morgan fingerprint density at radius 3 is 2.61 bits per heavy atom. The highest BCUT2D eigenvalue weighted by atomic mass is 19.1. The molecule has 0 atom stereocenters. The summed E-state index contributed by atoms with van der Waals surface area (Å²) in [5.41, 5.74) is 3.33. The van der Waals surface area contributed by atoms with Crippen molar-refractivity contribution in [3.05, 3.63) is 65.9 Å². The van der Waals surface area contributed by atoms with Gasteiger partial charge >= 0.3 is 0 Å². The molecule has 1 aromatic carbocycles. The Labute approximate surface area is 134 Å². The van der Waals surface area contributed by atoms with Gasteiger partial charge in [-0.2, -0.15) is 15.0 Å². The molecule has 0 amide bonds. The fourth-order valence-electron chi connectivity index (χ4n) is 2.16. The molecule has 0 saturated heterocycles. The van der Waals surface area contributed by atoms with Crippen molar-refractivity contribution >= 4 is 0 Å². The number of hydrogen-bond donors (Lipinski definition) is 0. The highest BCUT2D eigenvalue weighted by Gasteiger charge is 2.08. The van der Waals surface area contributed by atoms with Gasteiger partial charge in [-0.15, -0.1) is 0 Å². The summed E-state index contributed by atoms with van der Waals surface area (Å²) in [5.74, 6) is 5.84. The predicted molar refractivity (Wildman–Crippen MR) is 85.9 cm³/mol. The van der Waals surface area contributed by atoms with Gasteiger partial charge in [-0.05, 0) is 43.3 Å². The molecule has 0 unspecified atom stereocenters. The van der Waals surface area contributed by atoms with E-state index in [1.807, 2.05) is 25.1 Å². The second-order valence-corrected chi connectivity index (χ2v) is 5.02. The van der Waals surface area contributed by atoms with Crippen molar-refractivity contribution in [2.45, 2.75) is 19.9 Å². The molecule has 0 spiro atoms. The lowest BCUT2D eigenvalue weighted by atomic mass is 10.1. The van der Waals surface area contributed by atoms with Gasteiger partial charge in [0.05, 0.1) is 17.8 Å². The summed E-state index contributed by atoms with van der Waals surface area (Å²) in [5, 5.41) is 8.77. The number of aryl methyl sites for hydroxylation is 1. The van der Waals surface area contributed by atoms with Gasteiger partial charge in [0.25, 0.3) is 0 Å². The van der Waals surface area contributed by atoms with E-state index in [2.05, 4.69) is 27.0 Å². The van der Waals surface area contributed by atoms with Gasteiger partial charge in [0.2, 0.25) is 0 Å². The molecule has 0 radical (unpaired) electrons. The van der Waals surface area contributed by atoms with Crippen LogP contribution in [0.1, 0.15) is 11.4 Å². The highest BCUT2D eigenvalue weighted by Crippen LogP contribution is 2.19. The van der Waals surface area contributed by atoms with Crippen LogP contribution in [0.4, 0.5) is 4.39 Å². The third kappa shape index (κ3) is 3.80. The summed E-state index contributed by atoms with van der Waals surface area (Å²) in [6.07, 6.45) is 2.36. The molecule has 5 heteroatoms. The van der Waals surface area contributed by atoms with Crippen molar-refractivity contribution in [1.29, 1.82) is 0 Å². The van der Waals surface area contributed by atoms with Gasteiger partial charge in [0, 0.05) is 11.8 Å². The van der Waals surface area contributed by atoms with Crippen LogP contribution in [0.3, 0.4) is 0 Å². The summed E-state index contributed by atoms with van der Waals surface area (Å²) in [6.45, 7) is 2.29. The number of pyridine rings is 1. The molecule has 0 aliphatic heterocycles. The van der Waals surface area contributed by atoms with E-state index in [0.29, 0.717) is 13.0 Å². The molecular weight excluding hydrogens is 291 g/mol. The van der Waals surface area contributed by atoms with Gasteiger partial charge in [-0.3, -0.25) is 4.98 Å². The molecule has 0 N–H and O–H groups in total. The standard InChI is InChI=1S/C18H15FN4/c1-14-18(15-8-10-16(19)11-9-15)22-23(21-14)13-5-3-7-17-6-2-4-12-20-17/h2,4,6,8-12H,7,13H2,1H3. The van der Waals surface area contributed by atoms with Gasteiger partial charge < -0.3 is 0 Å². The van der Waals surface area contributed by atoms with E-state index < -0.39 is 0 Å². The minimum absolute atomic E-state index is 0.265. The largest absolute Gasteiger partial charge is 0.260 e. The number of halogens is 1. The van der Waals surface area contributed by atoms with Gasteiger partial charge in [-0.1, -0.05) is 17.9 Å². The third-order valence-corrected chi connectivity index (χ3v) is 3.28. The molecule has 4 nitrogen and oxygen atoms in total. The molecule has 0 bridgehead atoms. The van der Waals surface area contributed by atoms with E-state index in [4.69, 9.17) is 0 Å². The minimum Gasteiger partial charge on any atom is -0.260 e. The maximum Gasteiger partial charge on any atom is 0.123 e. The Hall–Kier alpha value is -3.00. The van der Waals surface area contributed by atoms with E-state index in [1.54, 1.807) is 23.1 Å². The fraction of sp³-hybridized carbons (Fsp3) is 0.167. The van der Waals surface area contributed by atoms with Crippen molar-refractivity contribution in [1.82, 2.24) is 20.0 Å². The molecule has 0 aliphatic carbocycles. The quantitative estimate of drug-likeness (QED) is 0.699. The molecule has 0 aliphatic rings. The van der Waals surface area contributed by atoms with Crippen molar-refractivity contribution in [2.75, 3.05) is 0 Å². The van der Waals surface area contributed by atoms with Gasteiger partial charge in [0.1, 0.15) is 18.1 Å². The Bertz CT molecular complexity index is 842. The maximum absolute atomic E-state index is 13.0. The Balaban J connectivity index is 1.68. The monoisotopic (exact) mass is 306 g/mol. The summed E-state index contributed by atoms with van der Waals surface area (Å²) in [4.78, 5) is 5.77. The average Bonchev–Trinajstić information content (AvgIpc) is 2.94. The Morgan fingerprint density at radius 1 is 1.04 bits per heavy atom. The molecule has 23 heavy (non-hydrogen) atoms. The summed E-state index contributed by atoms with van der Waals surface area (Å²) >= 11 is 0. The first-order valence-electron chi connectivity index (χ1n) is 7.25. The predicted octanol–water partition coefficient (Wildman–Crippen LogP) is 3.03. The van der Waals surface area contributed by atoms with E-state index in [-0.39, 0.29) is 5.82 Å². The highest BCUT2D eigenvalue weighted by molar-refractivity contribution is 5.60. The number of aromatic nitrogens is 4. The van der Waals surface area contributed by atoms with Crippen LogP contribution in [-0.4, -0.2) is 20.0 Å². The van der Waals surface area contributed by atoms with Crippen LogP contribution in [0.5, 0.6) is 0 Å². The summed E-state index contributed by atoms with van der Waals surface area (Å²) in [6, 6.07) is 12.0. The zero-order valence-corrected chi connectivity index (χ0v) is 12.7. The van der Waals surface area contributed by atoms with E-state index in [9.17, 15) is 4.39 Å². The van der Waals surface area contributed by atoms with Crippen molar-refractivity contribution in [2.24, 2.45) is 0 Å². The Kier molecular flexibility index (Phi) is 4.44. The molecule has 0 fully saturated rings. The second kappa shape index (κ2) is 6.84. The Morgan fingerprint density at radius 2 is 1.87 bits per heavy atom. The molecule has 0 saturated carbocycles. The second-order valence-electron chi connectivity index (χ2n) is 5.02. The van der Waals surface area contributed by atoms with Gasteiger partial charge in [0.15, 0.2) is 0 Å². The smallest absolute Gasteiger partial charge is 0.123 e. The number of hydrogen-bond acceptors (Lipinski definition) is 3. The molecule has 3 aromatic rings. The molecule has 2 aromatic heterocycles. The average molecular weight is 306 g/mol. The van der Waals surface area contributed by atoms with Crippen LogP contribution in [0, 0.1) is 24.6 Å². The molecule has 114 valence electrons. The molecule has 2 heterocycles. The van der Waals surface area contributed by atoms with E-state index in [1.165, 1.54) is 12.1 Å². The first-order valence-corrected chi connectivity index (χ1v) is 7.25. The minimum atomic E-state index is -0.265. The normalized spacial score (nSPS) is 10.2. The number of benzene rings is 1. The third-order valence-electron chi connectivity index (χ3n) is 3.28. The maximum atomic E-state index is 13.0. The lowest BCUT2D eigenvalue weighted by molar-refractivity contribution is 0.609. The number of rotatable bonds is 3. The van der Waals surface area contributed by atoms with E-state index in [0.717, 1.165) is 22.6 Å². The van der Waals surface area contributed by atoms with E-state index >= 15 is 0 Å². The summed E-state index contributed by atoms with van der Waals surface area (Å²) in [7, 11) is 0. The van der Waals surface area contributed by atoms with Crippen LogP contribution in [0.25, 0.3) is 11.3 Å². The SMILES string of the molecule is Cc1nn(CC#CCc2ccccn2)nc1-c1ccc(F)cc1. The van der Waals surface area contributed by atoms with Crippen molar-refractivity contribution < 1.29 is 4.39 Å². The van der Waals surface area contributed by atoms with Crippen LogP contribution in [-0.2, 0) is 13.0 Å². The zero-order chi connectivity index (χ0) is 16.1. The lowest BCUT2D eigenvalue weighted by Gasteiger charge is -1.96. The molecule has 3 rings (SSSR count). The zero-order valence-electron chi connectivity index (χ0n) is 12.7. The first kappa shape index (κ1) is 14.9.